The summed E-state index contributed by atoms with van der Waals surface area (Å²) in [7, 11) is 0. The molecule has 0 radical (unpaired) electrons. The van der Waals surface area contributed by atoms with Gasteiger partial charge in [-0.2, -0.15) is 0 Å². The van der Waals surface area contributed by atoms with Crippen molar-refractivity contribution in [2.45, 2.75) is 26.7 Å². The lowest BCUT2D eigenvalue weighted by Gasteiger charge is -2.21. The fourth-order valence-corrected chi connectivity index (χ4v) is 2.43. The van der Waals surface area contributed by atoms with Gasteiger partial charge in [-0.25, -0.2) is 0 Å². The highest BCUT2D eigenvalue weighted by atomic mass is 35.5. The van der Waals surface area contributed by atoms with Crippen molar-refractivity contribution in [3.63, 3.8) is 0 Å². The quantitative estimate of drug-likeness (QED) is 0.747. The SMILES string of the molecule is CCOC(CNCc1cc(Cl)c2c(c1)OCCO2)OCC. The van der Waals surface area contributed by atoms with Crippen molar-refractivity contribution in [2.75, 3.05) is 33.0 Å². The molecule has 1 aromatic carbocycles. The van der Waals surface area contributed by atoms with Gasteiger partial charge < -0.3 is 24.3 Å². The van der Waals surface area contributed by atoms with Crippen molar-refractivity contribution in [2.24, 2.45) is 0 Å². The average Bonchev–Trinajstić information content (AvgIpc) is 2.48. The first-order chi connectivity index (χ1) is 10.2. The van der Waals surface area contributed by atoms with E-state index < -0.39 is 0 Å². The van der Waals surface area contributed by atoms with Gasteiger partial charge in [-0.1, -0.05) is 11.6 Å². The van der Waals surface area contributed by atoms with Crippen LogP contribution in [0.4, 0.5) is 0 Å². The first-order valence-electron chi connectivity index (χ1n) is 7.26. The fourth-order valence-electron chi connectivity index (χ4n) is 2.14. The molecule has 0 saturated heterocycles. The van der Waals surface area contributed by atoms with Crippen LogP contribution in [0, 0.1) is 0 Å². The third-order valence-electron chi connectivity index (χ3n) is 3.00. The summed E-state index contributed by atoms with van der Waals surface area (Å²) in [6.07, 6.45) is -0.229. The number of halogens is 1. The number of nitrogens with one attached hydrogen (secondary N) is 1. The molecule has 0 unspecified atom stereocenters. The first-order valence-corrected chi connectivity index (χ1v) is 7.64. The number of benzene rings is 1. The molecule has 0 atom stereocenters. The molecule has 0 fully saturated rings. The van der Waals surface area contributed by atoms with Gasteiger partial charge in [-0.15, -0.1) is 0 Å². The van der Waals surface area contributed by atoms with Gasteiger partial charge in [0.05, 0.1) is 5.02 Å². The molecule has 0 aromatic heterocycles. The largest absolute Gasteiger partial charge is 0.486 e. The van der Waals surface area contributed by atoms with Gasteiger partial charge in [0.25, 0.3) is 0 Å². The van der Waals surface area contributed by atoms with Crippen molar-refractivity contribution in [3.8, 4) is 11.5 Å². The van der Waals surface area contributed by atoms with Crippen LogP contribution in [-0.2, 0) is 16.0 Å². The van der Waals surface area contributed by atoms with Crippen LogP contribution in [-0.4, -0.2) is 39.3 Å². The third kappa shape index (κ3) is 4.74. The Kier molecular flexibility index (Phi) is 6.57. The second-order valence-electron chi connectivity index (χ2n) is 4.57. The molecule has 1 aliphatic heterocycles. The Morgan fingerprint density at radius 2 is 1.90 bits per heavy atom. The highest BCUT2D eigenvalue weighted by Gasteiger charge is 2.16. The molecular weight excluding hydrogens is 294 g/mol. The van der Waals surface area contributed by atoms with E-state index in [2.05, 4.69) is 5.32 Å². The zero-order valence-corrected chi connectivity index (χ0v) is 13.2. The van der Waals surface area contributed by atoms with Crippen LogP contribution < -0.4 is 14.8 Å². The first kappa shape index (κ1) is 16.4. The topological polar surface area (TPSA) is 49.0 Å². The van der Waals surface area contributed by atoms with Gasteiger partial charge in [0, 0.05) is 26.3 Å². The minimum absolute atomic E-state index is 0.229. The minimum atomic E-state index is -0.229. The van der Waals surface area contributed by atoms with E-state index in [-0.39, 0.29) is 6.29 Å². The van der Waals surface area contributed by atoms with Crippen LogP contribution in [0.5, 0.6) is 11.5 Å². The number of ether oxygens (including phenoxy) is 4. The number of hydrogen-bond donors (Lipinski definition) is 1. The number of rotatable bonds is 8. The standard InChI is InChI=1S/C15H22ClNO4/c1-3-18-14(19-4-2)10-17-9-11-7-12(16)15-13(8-11)20-5-6-21-15/h7-8,14,17H,3-6,9-10H2,1-2H3. The lowest BCUT2D eigenvalue weighted by molar-refractivity contribution is -0.133. The van der Waals surface area contributed by atoms with Gasteiger partial charge in [-0.3, -0.25) is 0 Å². The zero-order chi connectivity index (χ0) is 15.1. The molecule has 21 heavy (non-hydrogen) atoms. The Hall–Kier alpha value is -1.01. The Labute approximate surface area is 130 Å². The van der Waals surface area contributed by atoms with Crippen LogP contribution in [0.2, 0.25) is 5.02 Å². The lowest BCUT2D eigenvalue weighted by atomic mass is 10.2. The summed E-state index contributed by atoms with van der Waals surface area (Å²) in [5.41, 5.74) is 1.04. The zero-order valence-electron chi connectivity index (χ0n) is 12.5. The van der Waals surface area contributed by atoms with Gasteiger partial charge in [-0.05, 0) is 31.5 Å². The van der Waals surface area contributed by atoms with E-state index in [1.807, 2.05) is 26.0 Å². The highest BCUT2D eigenvalue weighted by Crippen LogP contribution is 2.38. The van der Waals surface area contributed by atoms with E-state index >= 15 is 0 Å². The second kappa shape index (κ2) is 8.44. The molecule has 0 amide bonds. The smallest absolute Gasteiger partial charge is 0.179 e. The normalized spacial score (nSPS) is 13.7. The Morgan fingerprint density at radius 3 is 2.62 bits per heavy atom. The molecule has 1 heterocycles. The second-order valence-corrected chi connectivity index (χ2v) is 4.98. The lowest BCUT2D eigenvalue weighted by Crippen LogP contribution is -2.31. The molecule has 5 nitrogen and oxygen atoms in total. The fraction of sp³-hybridized carbons (Fsp3) is 0.600. The molecule has 118 valence electrons. The van der Waals surface area contributed by atoms with E-state index in [4.69, 9.17) is 30.5 Å². The van der Waals surface area contributed by atoms with Crippen LogP contribution in [0.25, 0.3) is 0 Å². The molecule has 1 aromatic rings. The number of hydrogen-bond acceptors (Lipinski definition) is 5. The van der Waals surface area contributed by atoms with Crippen molar-refractivity contribution >= 4 is 11.6 Å². The monoisotopic (exact) mass is 315 g/mol. The van der Waals surface area contributed by atoms with Gasteiger partial charge in [0.1, 0.15) is 13.2 Å². The van der Waals surface area contributed by atoms with Crippen molar-refractivity contribution < 1.29 is 18.9 Å². The van der Waals surface area contributed by atoms with Crippen molar-refractivity contribution in [3.05, 3.63) is 22.7 Å². The molecule has 0 spiro atoms. The Bertz CT molecular complexity index is 450. The Balaban J connectivity index is 1.89. The summed E-state index contributed by atoms with van der Waals surface area (Å²) < 4.78 is 22.0. The molecule has 6 heteroatoms. The van der Waals surface area contributed by atoms with Crippen LogP contribution in [0.3, 0.4) is 0 Å². The van der Waals surface area contributed by atoms with E-state index in [0.717, 1.165) is 5.56 Å². The van der Waals surface area contributed by atoms with E-state index in [9.17, 15) is 0 Å². The maximum absolute atomic E-state index is 6.21. The summed E-state index contributed by atoms with van der Waals surface area (Å²) in [5.74, 6) is 1.34. The van der Waals surface area contributed by atoms with Crippen molar-refractivity contribution in [1.29, 1.82) is 0 Å². The van der Waals surface area contributed by atoms with Crippen molar-refractivity contribution in [1.82, 2.24) is 5.32 Å². The van der Waals surface area contributed by atoms with E-state index in [0.29, 0.717) is 56.0 Å². The third-order valence-corrected chi connectivity index (χ3v) is 3.28. The van der Waals surface area contributed by atoms with Gasteiger partial charge >= 0.3 is 0 Å². The van der Waals surface area contributed by atoms with Crippen LogP contribution >= 0.6 is 11.6 Å². The Morgan fingerprint density at radius 1 is 1.19 bits per heavy atom. The molecule has 0 bridgehead atoms. The molecule has 0 saturated carbocycles. The van der Waals surface area contributed by atoms with Crippen LogP contribution in [0.1, 0.15) is 19.4 Å². The predicted molar refractivity (Wildman–Crippen MR) is 81.2 cm³/mol. The van der Waals surface area contributed by atoms with E-state index in [1.165, 1.54) is 0 Å². The van der Waals surface area contributed by atoms with E-state index in [1.54, 1.807) is 0 Å². The summed E-state index contributed by atoms with van der Waals surface area (Å²) in [5, 5.41) is 3.88. The maximum atomic E-state index is 6.21. The summed E-state index contributed by atoms with van der Waals surface area (Å²) in [6, 6.07) is 3.84. The molecule has 1 aliphatic rings. The number of fused-ring (bicyclic) bond motifs is 1. The summed E-state index contributed by atoms with van der Waals surface area (Å²) in [4.78, 5) is 0. The molecule has 1 N–H and O–H groups in total. The molecular formula is C15H22ClNO4. The highest BCUT2D eigenvalue weighted by molar-refractivity contribution is 6.32. The van der Waals surface area contributed by atoms with Gasteiger partial charge in [0.2, 0.25) is 0 Å². The minimum Gasteiger partial charge on any atom is -0.486 e. The summed E-state index contributed by atoms with van der Waals surface area (Å²) in [6.45, 7) is 7.52. The predicted octanol–water partition coefficient (Wildman–Crippen LogP) is 2.60. The summed E-state index contributed by atoms with van der Waals surface area (Å²) >= 11 is 6.21. The molecule has 0 aliphatic carbocycles. The maximum Gasteiger partial charge on any atom is 0.179 e. The van der Waals surface area contributed by atoms with Gasteiger partial charge in [0.15, 0.2) is 17.8 Å². The molecule has 2 rings (SSSR count). The average molecular weight is 316 g/mol. The van der Waals surface area contributed by atoms with Crippen LogP contribution in [0.15, 0.2) is 12.1 Å².